The van der Waals surface area contributed by atoms with Gasteiger partial charge in [0.1, 0.15) is 10.8 Å². The summed E-state index contributed by atoms with van der Waals surface area (Å²) in [4.78, 5) is 27.2. The van der Waals surface area contributed by atoms with Gasteiger partial charge in [0.2, 0.25) is 0 Å². The minimum Gasteiger partial charge on any atom is -0.493 e. The Kier molecular flexibility index (Phi) is 6.48. The summed E-state index contributed by atoms with van der Waals surface area (Å²) in [6.07, 6.45) is 3.85. The first-order chi connectivity index (χ1) is 15.8. The molecule has 0 saturated heterocycles. The van der Waals surface area contributed by atoms with Crippen molar-refractivity contribution in [2.75, 3.05) is 11.9 Å². The van der Waals surface area contributed by atoms with Crippen LogP contribution in [0.5, 0.6) is 5.75 Å². The maximum Gasteiger partial charge on any atom is 0.260 e. The predicted molar refractivity (Wildman–Crippen MR) is 135 cm³/mol. The van der Waals surface area contributed by atoms with Crippen LogP contribution in [0.1, 0.15) is 71.7 Å². The molecule has 0 unspecified atom stereocenters. The number of fused-ring (bicyclic) bond motifs is 2. The predicted octanol–water partition coefficient (Wildman–Crippen LogP) is 6.19. The Hall–Kier alpha value is -2.86. The third-order valence-corrected chi connectivity index (χ3v) is 8.34. The van der Waals surface area contributed by atoms with Crippen molar-refractivity contribution < 1.29 is 14.3 Å². The van der Waals surface area contributed by atoms with E-state index in [-0.39, 0.29) is 11.3 Å². The minimum atomic E-state index is -0.487. The van der Waals surface area contributed by atoms with Gasteiger partial charge in [0.15, 0.2) is 0 Å². The molecule has 1 heterocycles. The number of anilines is 1. The molecule has 3 N–H and O–H groups in total. The molecule has 4 rings (SSSR count). The summed E-state index contributed by atoms with van der Waals surface area (Å²) in [5.74, 6) is 0.293. The second kappa shape index (κ2) is 9.18. The Labute approximate surface area is 199 Å². The lowest BCUT2D eigenvalue weighted by Gasteiger charge is -2.36. The fraction of sp³-hybridized carbons (Fsp3) is 0.407. The summed E-state index contributed by atoms with van der Waals surface area (Å²) < 4.78 is 5.78. The van der Waals surface area contributed by atoms with Crippen molar-refractivity contribution in [3.05, 3.63) is 58.0 Å². The van der Waals surface area contributed by atoms with E-state index >= 15 is 0 Å². The second-order valence-corrected chi connectivity index (χ2v) is 10.5. The van der Waals surface area contributed by atoms with E-state index in [4.69, 9.17) is 10.5 Å². The van der Waals surface area contributed by atoms with Gasteiger partial charge in [-0.05, 0) is 59.9 Å². The average molecular weight is 465 g/mol. The Morgan fingerprint density at radius 3 is 2.61 bits per heavy atom. The minimum absolute atomic E-state index is 0.229. The molecule has 1 aromatic heterocycles. The number of nitrogens with one attached hydrogen (secondary N) is 1. The third kappa shape index (κ3) is 4.36. The topological polar surface area (TPSA) is 81.4 Å². The monoisotopic (exact) mass is 464 g/mol. The maximum atomic E-state index is 13.5. The quantitative estimate of drug-likeness (QED) is 0.437. The fourth-order valence-electron chi connectivity index (χ4n) is 4.82. The van der Waals surface area contributed by atoms with Crippen LogP contribution in [0.2, 0.25) is 0 Å². The summed E-state index contributed by atoms with van der Waals surface area (Å²) in [6, 6.07) is 11.5. The number of amides is 2. The highest BCUT2D eigenvalue weighted by atomic mass is 32.1. The van der Waals surface area contributed by atoms with Crippen LogP contribution in [0.3, 0.4) is 0 Å². The van der Waals surface area contributed by atoms with Crippen LogP contribution in [-0.4, -0.2) is 18.4 Å². The van der Waals surface area contributed by atoms with E-state index in [0.717, 1.165) is 42.0 Å². The Bertz CT molecular complexity index is 1210. The van der Waals surface area contributed by atoms with Gasteiger partial charge in [0.05, 0.1) is 17.7 Å². The van der Waals surface area contributed by atoms with Crippen LogP contribution in [-0.2, 0) is 12.8 Å². The molecule has 3 aromatic rings. The van der Waals surface area contributed by atoms with Crippen LogP contribution in [0, 0.1) is 11.3 Å². The van der Waals surface area contributed by atoms with Gasteiger partial charge in [-0.25, -0.2) is 0 Å². The molecule has 1 aliphatic carbocycles. The highest BCUT2D eigenvalue weighted by molar-refractivity contribution is 7.17. The molecule has 1 atom stereocenters. The number of hydrogen-bond acceptors (Lipinski definition) is 4. The van der Waals surface area contributed by atoms with Gasteiger partial charge in [0.25, 0.3) is 11.8 Å². The van der Waals surface area contributed by atoms with Crippen molar-refractivity contribution in [1.82, 2.24) is 0 Å². The lowest BCUT2D eigenvalue weighted by molar-refractivity contribution is 0.0999. The molecule has 33 heavy (non-hydrogen) atoms. The van der Waals surface area contributed by atoms with Gasteiger partial charge < -0.3 is 15.8 Å². The molecular weight excluding hydrogens is 432 g/mol. The van der Waals surface area contributed by atoms with Crippen LogP contribution < -0.4 is 15.8 Å². The summed E-state index contributed by atoms with van der Waals surface area (Å²) in [6.45, 7) is 9.19. The maximum absolute atomic E-state index is 13.5. The molecule has 6 heteroatoms. The zero-order valence-electron chi connectivity index (χ0n) is 19.8. The van der Waals surface area contributed by atoms with E-state index in [2.05, 4.69) is 26.1 Å². The molecule has 5 nitrogen and oxygen atoms in total. The summed E-state index contributed by atoms with van der Waals surface area (Å²) in [7, 11) is 0. The first kappa shape index (κ1) is 23.3. The normalized spacial score (nSPS) is 15.8. The highest BCUT2D eigenvalue weighted by Crippen LogP contribution is 2.45. The van der Waals surface area contributed by atoms with Crippen LogP contribution >= 0.6 is 11.3 Å². The molecule has 0 fully saturated rings. The number of carbonyl (C=O) groups excluding carboxylic acids is 2. The van der Waals surface area contributed by atoms with Crippen molar-refractivity contribution in [3.8, 4) is 5.75 Å². The molecule has 2 aromatic carbocycles. The number of nitrogens with two attached hydrogens (primary N) is 1. The molecule has 0 aliphatic heterocycles. The van der Waals surface area contributed by atoms with E-state index < -0.39 is 5.91 Å². The lowest BCUT2D eigenvalue weighted by atomic mass is 9.69. The summed E-state index contributed by atoms with van der Waals surface area (Å²) in [5.41, 5.74) is 7.98. The van der Waals surface area contributed by atoms with Gasteiger partial charge >= 0.3 is 0 Å². The van der Waals surface area contributed by atoms with E-state index in [1.807, 2.05) is 43.3 Å². The number of primary amides is 1. The van der Waals surface area contributed by atoms with Crippen molar-refractivity contribution >= 4 is 38.9 Å². The first-order valence-electron chi connectivity index (χ1n) is 11.7. The van der Waals surface area contributed by atoms with Crippen LogP contribution in [0.15, 0.2) is 36.4 Å². The zero-order valence-corrected chi connectivity index (χ0v) is 20.6. The Morgan fingerprint density at radius 1 is 1.15 bits per heavy atom. The average Bonchev–Trinajstić information content (AvgIpc) is 3.16. The van der Waals surface area contributed by atoms with Crippen molar-refractivity contribution in [3.63, 3.8) is 0 Å². The number of thiophene rings is 1. The van der Waals surface area contributed by atoms with Gasteiger partial charge in [-0.2, -0.15) is 0 Å². The van der Waals surface area contributed by atoms with Crippen LogP contribution in [0.25, 0.3) is 10.8 Å². The number of ether oxygens (including phenoxy) is 1. The van der Waals surface area contributed by atoms with E-state index in [1.54, 1.807) is 0 Å². The van der Waals surface area contributed by atoms with E-state index in [9.17, 15) is 9.59 Å². The van der Waals surface area contributed by atoms with E-state index in [0.29, 0.717) is 34.4 Å². The zero-order chi connectivity index (χ0) is 23.8. The lowest BCUT2D eigenvalue weighted by Crippen LogP contribution is -2.29. The standard InChI is InChI=1S/C27H32N2O3S/c1-5-27(3,4)17-12-13-19-21(15-17)33-26(23(19)24(28)30)29-25(31)22-18-10-8-7-9-16(18)11-14-20(22)32-6-2/h7-11,14,17H,5-6,12-13,15H2,1-4H3,(H2,28,30)(H,29,31)/t17-/m0/s1. The van der Waals surface area contributed by atoms with Crippen LogP contribution in [0.4, 0.5) is 5.00 Å². The van der Waals surface area contributed by atoms with Gasteiger partial charge in [-0.3, -0.25) is 9.59 Å². The smallest absolute Gasteiger partial charge is 0.260 e. The van der Waals surface area contributed by atoms with Crippen molar-refractivity contribution in [2.45, 2.75) is 53.4 Å². The molecular formula is C27H32N2O3S. The summed E-state index contributed by atoms with van der Waals surface area (Å²) >= 11 is 1.49. The first-order valence-corrected chi connectivity index (χ1v) is 12.5. The second-order valence-electron chi connectivity index (χ2n) is 9.40. The van der Waals surface area contributed by atoms with Gasteiger partial charge in [-0.15, -0.1) is 11.3 Å². The molecule has 174 valence electrons. The SMILES string of the molecule is CCOc1ccc2ccccc2c1C(=O)Nc1sc2c(c1C(N)=O)CC[C@H](C(C)(C)CC)C2. The third-order valence-electron chi connectivity index (χ3n) is 7.17. The van der Waals surface area contributed by atoms with Crippen molar-refractivity contribution in [1.29, 1.82) is 0 Å². The molecule has 0 radical (unpaired) electrons. The van der Waals surface area contributed by atoms with E-state index in [1.165, 1.54) is 16.2 Å². The van der Waals surface area contributed by atoms with Gasteiger partial charge in [0, 0.05) is 4.88 Å². The number of carbonyl (C=O) groups is 2. The number of benzene rings is 2. The van der Waals surface area contributed by atoms with Crippen molar-refractivity contribution in [2.24, 2.45) is 17.1 Å². The number of hydrogen-bond donors (Lipinski definition) is 2. The Morgan fingerprint density at radius 2 is 1.91 bits per heavy atom. The fourth-order valence-corrected chi connectivity index (χ4v) is 6.15. The molecule has 0 saturated carbocycles. The summed E-state index contributed by atoms with van der Waals surface area (Å²) in [5, 5.41) is 5.33. The molecule has 1 aliphatic rings. The molecule has 0 spiro atoms. The molecule has 2 amide bonds. The Balaban J connectivity index is 1.73. The highest BCUT2D eigenvalue weighted by Gasteiger charge is 2.35. The number of rotatable bonds is 7. The molecule has 0 bridgehead atoms. The van der Waals surface area contributed by atoms with Gasteiger partial charge in [-0.1, -0.05) is 57.5 Å². The largest absolute Gasteiger partial charge is 0.493 e.